The molecule has 0 spiro atoms. The van der Waals surface area contributed by atoms with Crippen molar-refractivity contribution in [2.75, 3.05) is 19.8 Å². The normalized spacial score (nSPS) is 46.0. The van der Waals surface area contributed by atoms with E-state index in [9.17, 15) is 15.3 Å². The third kappa shape index (κ3) is 3.39. The van der Waals surface area contributed by atoms with Gasteiger partial charge in [0.2, 0.25) is 0 Å². The highest BCUT2D eigenvalue weighted by Crippen LogP contribution is 2.20. The molecule has 0 amide bonds. The second kappa shape index (κ2) is 6.25. The second-order valence-corrected chi connectivity index (χ2v) is 4.95. The van der Waals surface area contributed by atoms with Crippen LogP contribution in [0.2, 0.25) is 0 Å². The van der Waals surface area contributed by atoms with Gasteiger partial charge in [-0.1, -0.05) is 0 Å². The van der Waals surface area contributed by atoms with Gasteiger partial charge in [0.05, 0.1) is 38.1 Å². The van der Waals surface area contributed by atoms with Crippen LogP contribution >= 0.6 is 0 Å². The van der Waals surface area contributed by atoms with Crippen LogP contribution in [0.1, 0.15) is 12.8 Å². The molecule has 106 valence electrons. The van der Waals surface area contributed by atoms with Crippen LogP contribution in [0.4, 0.5) is 0 Å². The molecular formula is C11H21NO6. The lowest BCUT2D eigenvalue weighted by molar-refractivity contribution is -0.193. The quantitative estimate of drug-likeness (QED) is 0.384. The number of hydrogen-bond acceptors (Lipinski definition) is 7. The molecule has 0 bridgehead atoms. The first-order valence-electron chi connectivity index (χ1n) is 6.24. The molecule has 2 fully saturated rings. The minimum Gasteiger partial charge on any atom is -0.394 e. The molecule has 2 rings (SSSR count). The van der Waals surface area contributed by atoms with Crippen molar-refractivity contribution in [2.24, 2.45) is 0 Å². The van der Waals surface area contributed by atoms with Gasteiger partial charge in [0.1, 0.15) is 12.3 Å². The number of aliphatic hydroxyl groups is 4. The van der Waals surface area contributed by atoms with Crippen molar-refractivity contribution in [2.45, 2.75) is 49.5 Å². The molecule has 7 nitrogen and oxygen atoms in total. The van der Waals surface area contributed by atoms with Gasteiger partial charge in [0.25, 0.3) is 0 Å². The highest BCUT2D eigenvalue weighted by Gasteiger charge is 2.38. The van der Waals surface area contributed by atoms with Gasteiger partial charge in [-0.05, 0) is 6.42 Å². The molecule has 5 N–H and O–H groups in total. The molecular weight excluding hydrogens is 242 g/mol. The molecule has 0 aromatic rings. The number of ether oxygens (including phenoxy) is 2. The third-order valence-corrected chi connectivity index (χ3v) is 3.34. The van der Waals surface area contributed by atoms with Crippen LogP contribution < -0.4 is 5.32 Å². The van der Waals surface area contributed by atoms with Gasteiger partial charge in [-0.25, -0.2) is 0 Å². The lowest BCUT2D eigenvalue weighted by atomic mass is 10.0. The first kappa shape index (κ1) is 14.1. The SMILES string of the molecule is OCC1C[C@@H](O)[C@H](O)[C@@H](N[C@H]2COC[C@@H](O)C2)O1. The van der Waals surface area contributed by atoms with Crippen molar-refractivity contribution in [3.05, 3.63) is 0 Å². The van der Waals surface area contributed by atoms with Gasteiger partial charge in [0, 0.05) is 12.5 Å². The first-order valence-corrected chi connectivity index (χ1v) is 6.24. The van der Waals surface area contributed by atoms with Crippen molar-refractivity contribution in [1.29, 1.82) is 0 Å². The fourth-order valence-corrected chi connectivity index (χ4v) is 2.37. The average molecular weight is 263 g/mol. The molecule has 0 radical (unpaired) electrons. The van der Waals surface area contributed by atoms with Crippen molar-refractivity contribution < 1.29 is 29.9 Å². The summed E-state index contributed by atoms with van der Waals surface area (Å²) in [6, 6.07) is -0.141. The van der Waals surface area contributed by atoms with Gasteiger partial charge in [-0.2, -0.15) is 0 Å². The van der Waals surface area contributed by atoms with E-state index in [1.54, 1.807) is 0 Å². The zero-order valence-electron chi connectivity index (χ0n) is 10.1. The van der Waals surface area contributed by atoms with E-state index in [0.717, 1.165) is 0 Å². The van der Waals surface area contributed by atoms with Gasteiger partial charge in [-0.3, -0.25) is 5.32 Å². The summed E-state index contributed by atoms with van der Waals surface area (Å²) >= 11 is 0. The summed E-state index contributed by atoms with van der Waals surface area (Å²) in [6.07, 6.45) is -3.04. The molecule has 0 aromatic carbocycles. The van der Waals surface area contributed by atoms with Gasteiger partial charge in [0.15, 0.2) is 0 Å². The zero-order chi connectivity index (χ0) is 13.1. The highest BCUT2D eigenvalue weighted by molar-refractivity contribution is 4.87. The second-order valence-electron chi connectivity index (χ2n) is 4.95. The Morgan fingerprint density at radius 1 is 1.11 bits per heavy atom. The summed E-state index contributed by atoms with van der Waals surface area (Å²) in [5.74, 6) is 0. The maximum atomic E-state index is 9.82. The van der Waals surface area contributed by atoms with Crippen molar-refractivity contribution in [3.8, 4) is 0 Å². The Hall–Kier alpha value is -0.280. The Balaban J connectivity index is 1.89. The van der Waals surface area contributed by atoms with Crippen LogP contribution in [0.25, 0.3) is 0 Å². The highest BCUT2D eigenvalue weighted by atomic mass is 16.5. The molecule has 6 atom stereocenters. The Kier molecular flexibility index (Phi) is 4.91. The molecule has 2 heterocycles. The van der Waals surface area contributed by atoms with E-state index in [-0.39, 0.29) is 19.1 Å². The number of aliphatic hydroxyl groups excluding tert-OH is 4. The molecule has 2 aliphatic rings. The molecule has 0 saturated carbocycles. The minimum atomic E-state index is -1.05. The van der Waals surface area contributed by atoms with E-state index >= 15 is 0 Å². The number of rotatable bonds is 3. The summed E-state index contributed by atoms with van der Waals surface area (Å²) in [5, 5.41) is 41.0. The first-order chi connectivity index (χ1) is 8.60. The number of nitrogens with one attached hydrogen (secondary N) is 1. The largest absolute Gasteiger partial charge is 0.394 e. The predicted molar refractivity (Wildman–Crippen MR) is 60.7 cm³/mol. The topological polar surface area (TPSA) is 111 Å². The van der Waals surface area contributed by atoms with Crippen LogP contribution in [0.15, 0.2) is 0 Å². The summed E-state index contributed by atoms with van der Waals surface area (Å²) in [5.41, 5.74) is 0. The third-order valence-electron chi connectivity index (χ3n) is 3.34. The molecule has 2 aliphatic heterocycles. The molecule has 1 unspecified atom stereocenters. The van der Waals surface area contributed by atoms with Crippen molar-refractivity contribution >= 4 is 0 Å². The van der Waals surface area contributed by atoms with Crippen molar-refractivity contribution in [1.82, 2.24) is 5.32 Å². The lowest BCUT2D eigenvalue weighted by Crippen LogP contribution is -2.59. The molecule has 2 saturated heterocycles. The van der Waals surface area contributed by atoms with Crippen LogP contribution in [-0.4, -0.2) is 76.9 Å². The number of hydrogen-bond donors (Lipinski definition) is 5. The molecule has 0 aromatic heterocycles. The summed E-state index contributed by atoms with van der Waals surface area (Å²) in [6.45, 7) is 0.531. The van der Waals surface area contributed by atoms with Crippen molar-refractivity contribution in [3.63, 3.8) is 0 Å². The van der Waals surface area contributed by atoms with E-state index < -0.39 is 30.6 Å². The lowest BCUT2D eigenvalue weighted by Gasteiger charge is -2.39. The fraction of sp³-hybridized carbons (Fsp3) is 1.00. The molecule has 18 heavy (non-hydrogen) atoms. The van der Waals surface area contributed by atoms with Crippen LogP contribution in [0.3, 0.4) is 0 Å². The van der Waals surface area contributed by atoms with Gasteiger partial charge < -0.3 is 29.9 Å². The maximum absolute atomic E-state index is 9.82. The Bertz CT molecular complexity index is 266. The van der Waals surface area contributed by atoms with Gasteiger partial charge >= 0.3 is 0 Å². The Morgan fingerprint density at radius 2 is 1.89 bits per heavy atom. The fourth-order valence-electron chi connectivity index (χ4n) is 2.37. The van der Waals surface area contributed by atoms with E-state index in [0.29, 0.717) is 19.6 Å². The zero-order valence-corrected chi connectivity index (χ0v) is 10.1. The predicted octanol–water partition coefficient (Wildman–Crippen LogP) is -2.45. The Labute approximate surface area is 105 Å². The summed E-state index contributed by atoms with van der Waals surface area (Å²) in [7, 11) is 0. The summed E-state index contributed by atoms with van der Waals surface area (Å²) < 4.78 is 10.6. The van der Waals surface area contributed by atoms with E-state index in [2.05, 4.69) is 5.32 Å². The standard InChI is InChI=1S/C11H21NO6/c13-3-8-2-9(15)10(16)11(18-8)12-6-1-7(14)5-17-4-6/h6-16H,1-5H2/t6-,7+,8?,9-,10+,11+/m1/s1. The van der Waals surface area contributed by atoms with E-state index in [1.807, 2.05) is 0 Å². The molecule has 0 aliphatic carbocycles. The van der Waals surface area contributed by atoms with Gasteiger partial charge in [-0.15, -0.1) is 0 Å². The minimum absolute atomic E-state index is 0.141. The Morgan fingerprint density at radius 3 is 2.56 bits per heavy atom. The van der Waals surface area contributed by atoms with Crippen LogP contribution in [0.5, 0.6) is 0 Å². The molecule has 7 heteroatoms. The smallest absolute Gasteiger partial charge is 0.137 e. The average Bonchev–Trinajstić information content (AvgIpc) is 2.34. The summed E-state index contributed by atoms with van der Waals surface area (Å²) in [4.78, 5) is 0. The van der Waals surface area contributed by atoms with Crippen LogP contribution in [0, 0.1) is 0 Å². The van der Waals surface area contributed by atoms with E-state index in [4.69, 9.17) is 14.6 Å². The monoisotopic (exact) mass is 263 g/mol. The van der Waals surface area contributed by atoms with Crippen LogP contribution in [-0.2, 0) is 9.47 Å². The maximum Gasteiger partial charge on any atom is 0.137 e. The van der Waals surface area contributed by atoms with E-state index in [1.165, 1.54) is 0 Å².